The van der Waals surface area contributed by atoms with E-state index >= 15 is 0 Å². The lowest BCUT2D eigenvalue weighted by Crippen LogP contribution is -2.24. The van der Waals surface area contributed by atoms with Crippen molar-refractivity contribution in [2.75, 3.05) is 0 Å². The first-order valence-electron chi connectivity index (χ1n) is 8.20. The molecule has 2 nitrogen and oxygen atoms in total. The van der Waals surface area contributed by atoms with Crippen molar-refractivity contribution >= 4 is 12.1 Å². The van der Waals surface area contributed by atoms with Gasteiger partial charge in [0.15, 0.2) is 0 Å². The van der Waals surface area contributed by atoms with E-state index in [0.29, 0.717) is 12.8 Å². The van der Waals surface area contributed by atoms with Gasteiger partial charge in [0.05, 0.1) is 5.92 Å². The molecule has 2 atom stereocenters. The lowest BCUT2D eigenvalue weighted by Gasteiger charge is -2.15. The number of aryl methyl sites for hydroxylation is 1. The highest BCUT2D eigenvalue weighted by Gasteiger charge is 2.24. The van der Waals surface area contributed by atoms with E-state index < -0.39 is 5.92 Å². The Hall–Kier alpha value is -2.22. The maximum atomic E-state index is 12.5. The summed E-state index contributed by atoms with van der Waals surface area (Å²) in [6.07, 6.45) is 4.93. The van der Waals surface area contributed by atoms with Crippen LogP contribution in [0.1, 0.15) is 30.9 Å². The zero-order chi connectivity index (χ0) is 16.5. The summed E-state index contributed by atoms with van der Waals surface area (Å²) in [5.74, 6) is -0.741. The number of hydrogen-bond acceptors (Lipinski definition) is 2. The maximum Gasteiger partial charge on any atom is 0.209 e. The highest BCUT2D eigenvalue weighted by atomic mass is 16.1. The van der Waals surface area contributed by atoms with Gasteiger partial charge in [-0.05, 0) is 36.8 Å². The van der Waals surface area contributed by atoms with Crippen molar-refractivity contribution in [2.24, 2.45) is 11.8 Å². The summed E-state index contributed by atoms with van der Waals surface area (Å²) in [4.78, 5) is 23.7. The number of carbonyl (C=O) groups excluding carboxylic acids is 2. The minimum absolute atomic E-state index is 0.0110. The Kier molecular flexibility index (Phi) is 6.74. The largest absolute Gasteiger partial charge is 0.299 e. The third-order valence-electron chi connectivity index (χ3n) is 4.16. The molecule has 0 amide bonds. The molecule has 0 spiro atoms. The molecule has 0 aliphatic heterocycles. The lowest BCUT2D eigenvalue weighted by molar-refractivity contribution is -0.124. The summed E-state index contributed by atoms with van der Waals surface area (Å²) in [5.41, 5.74) is 2.37. The average molecular weight is 307 g/mol. The van der Waals surface area contributed by atoms with Crippen molar-refractivity contribution in [1.29, 1.82) is 0 Å². The Labute approximate surface area is 138 Å². The summed E-state index contributed by atoms with van der Waals surface area (Å²) in [6, 6.07) is 20.1. The number of rotatable bonds is 9. The molecule has 0 saturated carbocycles. The first-order chi connectivity index (χ1) is 11.2. The molecule has 0 heterocycles. The second kappa shape index (κ2) is 9.04. The normalized spacial score (nSPS) is 13.3. The van der Waals surface area contributed by atoms with Crippen molar-refractivity contribution in [2.45, 2.75) is 32.6 Å². The van der Waals surface area contributed by atoms with E-state index in [1.54, 1.807) is 0 Å². The Morgan fingerprint density at radius 1 is 0.957 bits per heavy atom. The number of hydrogen-bond donors (Lipinski definition) is 0. The van der Waals surface area contributed by atoms with Crippen LogP contribution in [0.25, 0.3) is 0 Å². The number of ketones is 1. The quantitative estimate of drug-likeness (QED) is 0.651. The van der Waals surface area contributed by atoms with Gasteiger partial charge in [0.25, 0.3) is 0 Å². The Balaban J connectivity index is 1.84. The topological polar surface area (TPSA) is 34.1 Å². The fraction of sp³-hybridized carbons (Fsp3) is 0.333. The van der Waals surface area contributed by atoms with E-state index in [2.05, 4.69) is 12.1 Å². The molecule has 0 aliphatic carbocycles. The summed E-state index contributed by atoms with van der Waals surface area (Å²) < 4.78 is 0. The Bertz CT molecular complexity index is 604. The van der Waals surface area contributed by atoms with E-state index in [-0.39, 0.29) is 11.7 Å². The SMILES string of the molecule is CC(Cc1ccccc1)C(=O)C([C]=O)CCCc1ccccc1. The third-order valence-corrected chi connectivity index (χ3v) is 4.16. The van der Waals surface area contributed by atoms with Crippen LogP contribution in [0.4, 0.5) is 0 Å². The van der Waals surface area contributed by atoms with Gasteiger partial charge in [-0.1, -0.05) is 67.6 Å². The molecule has 0 aliphatic rings. The van der Waals surface area contributed by atoms with Crippen LogP contribution in [0.15, 0.2) is 60.7 Å². The van der Waals surface area contributed by atoms with Crippen LogP contribution in [0, 0.1) is 11.8 Å². The van der Waals surface area contributed by atoms with Gasteiger partial charge < -0.3 is 0 Å². The highest BCUT2D eigenvalue weighted by Crippen LogP contribution is 2.17. The van der Waals surface area contributed by atoms with Crippen LogP contribution in [0.3, 0.4) is 0 Å². The molecule has 1 radical (unpaired) electrons. The molecule has 2 aromatic rings. The van der Waals surface area contributed by atoms with Gasteiger partial charge in [-0.3, -0.25) is 9.59 Å². The maximum absolute atomic E-state index is 12.5. The summed E-state index contributed by atoms with van der Waals surface area (Å²) in [5, 5.41) is 0. The molecular formula is C21H23O2. The first kappa shape index (κ1) is 17.1. The Morgan fingerprint density at radius 2 is 1.52 bits per heavy atom. The number of carbonyl (C=O) groups is 1. The van der Waals surface area contributed by atoms with Crippen molar-refractivity contribution in [3.63, 3.8) is 0 Å². The van der Waals surface area contributed by atoms with E-state index in [9.17, 15) is 9.59 Å². The zero-order valence-electron chi connectivity index (χ0n) is 13.6. The molecule has 2 unspecified atom stereocenters. The minimum atomic E-state index is -0.600. The summed E-state index contributed by atoms with van der Waals surface area (Å²) in [6.45, 7) is 1.90. The van der Waals surface area contributed by atoms with E-state index in [0.717, 1.165) is 18.4 Å². The molecule has 23 heavy (non-hydrogen) atoms. The standard InChI is InChI=1S/C21H23O2/c1-17(15-19-11-6-3-7-12-19)21(23)20(16-22)14-8-13-18-9-4-2-5-10-18/h2-7,9-12,17,20H,8,13-15H2,1H3. The monoisotopic (exact) mass is 307 g/mol. The summed E-state index contributed by atoms with van der Waals surface area (Å²) >= 11 is 0. The highest BCUT2D eigenvalue weighted by molar-refractivity contribution is 5.94. The van der Waals surface area contributed by atoms with Gasteiger partial charge in [-0.25, -0.2) is 0 Å². The molecule has 0 saturated heterocycles. The smallest absolute Gasteiger partial charge is 0.209 e. The molecule has 2 aromatic carbocycles. The third kappa shape index (κ3) is 5.48. The van der Waals surface area contributed by atoms with Crippen LogP contribution in [-0.2, 0) is 22.4 Å². The van der Waals surface area contributed by atoms with Crippen LogP contribution in [-0.4, -0.2) is 12.1 Å². The molecule has 0 aromatic heterocycles. The van der Waals surface area contributed by atoms with Crippen LogP contribution >= 0.6 is 0 Å². The predicted molar refractivity (Wildman–Crippen MR) is 92.9 cm³/mol. The molecule has 0 fully saturated rings. The van der Waals surface area contributed by atoms with Crippen molar-refractivity contribution in [1.82, 2.24) is 0 Å². The second-order valence-corrected chi connectivity index (χ2v) is 6.04. The molecule has 0 N–H and O–H groups in total. The molecule has 119 valence electrons. The van der Waals surface area contributed by atoms with E-state index in [1.807, 2.05) is 61.7 Å². The van der Waals surface area contributed by atoms with Gasteiger partial charge in [0, 0.05) is 5.92 Å². The average Bonchev–Trinajstić information content (AvgIpc) is 2.60. The van der Waals surface area contributed by atoms with Crippen LogP contribution < -0.4 is 0 Å². The van der Waals surface area contributed by atoms with Crippen LogP contribution in [0.2, 0.25) is 0 Å². The van der Waals surface area contributed by atoms with Crippen LogP contribution in [0.5, 0.6) is 0 Å². The summed E-state index contributed by atoms with van der Waals surface area (Å²) in [7, 11) is 0. The molecular weight excluding hydrogens is 284 g/mol. The van der Waals surface area contributed by atoms with E-state index in [4.69, 9.17) is 0 Å². The number of benzene rings is 2. The van der Waals surface area contributed by atoms with Crippen molar-refractivity contribution in [3.8, 4) is 0 Å². The molecule has 2 heteroatoms. The Morgan fingerprint density at radius 3 is 2.09 bits per heavy atom. The first-order valence-corrected chi connectivity index (χ1v) is 8.20. The molecule has 0 bridgehead atoms. The van der Waals surface area contributed by atoms with Crippen molar-refractivity contribution in [3.05, 3.63) is 71.8 Å². The van der Waals surface area contributed by atoms with Crippen molar-refractivity contribution < 1.29 is 9.59 Å². The van der Waals surface area contributed by atoms with Gasteiger partial charge >= 0.3 is 0 Å². The van der Waals surface area contributed by atoms with Gasteiger partial charge in [-0.2, -0.15) is 0 Å². The predicted octanol–water partition coefficient (Wildman–Crippen LogP) is 4.18. The fourth-order valence-electron chi connectivity index (χ4n) is 2.83. The number of Topliss-reactive ketones (excluding diaryl/α,β-unsaturated/α-hetero) is 1. The van der Waals surface area contributed by atoms with Gasteiger partial charge in [0.2, 0.25) is 6.29 Å². The second-order valence-electron chi connectivity index (χ2n) is 6.04. The van der Waals surface area contributed by atoms with E-state index in [1.165, 1.54) is 5.56 Å². The minimum Gasteiger partial charge on any atom is -0.299 e. The molecule has 2 rings (SSSR count). The lowest BCUT2D eigenvalue weighted by atomic mass is 9.87. The zero-order valence-corrected chi connectivity index (χ0v) is 13.6. The van der Waals surface area contributed by atoms with Gasteiger partial charge in [0.1, 0.15) is 5.78 Å². The fourth-order valence-corrected chi connectivity index (χ4v) is 2.83. The van der Waals surface area contributed by atoms with Gasteiger partial charge in [-0.15, -0.1) is 0 Å².